The van der Waals surface area contributed by atoms with Crippen molar-refractivity contribution >= 4 is 23.0 Å². The molecule has 1 atom stereocenters. The Hall–Kier alpha value is -2.15. The van der Waals surface area contributed by atoms with E-state index in [1.54, 1.807) is 6.07 Å². The van der Waals surface area contributed by atoms with Crippen LogP contribution in [0.4, 0.5) is 17.1 Å². The molecule has 0 saturated carbocycles. The number of amides is 1. The van der Waals surface area contributed by atoms with E-state index in [-0.39, 0.29) is 11.6 Å². The maximum Gasteiger partial charge on any atom is 0.274 e. The monoisotopic (exact) mass is 249 g/mol. The molecule has 1 aromatic carbocycles. The second kappa shape index (κ2) is 3.95. The van der Waals surface area contributed by atoms with Gasteiger partial charge in [0.1, 0.15) is 0 Å². The fraction of sp³-hybridized carbons (Fsp3) is 0.364. The van der Waals surface area contributed by atoms with Crippen molar-refractivity contribution < 1.29 is 14.5 Å². The van der Waals surface area contributed by atoms with Crippen molar-refractivity contribution in [2.24, 2.45) is 0 Å². The summed E-state index contributed by atoms with van der Waals surface area (Å²) >= 11 is 0. The normalized spacial score (nSPS) is 21.9. The summed E-state index contributed by atoms with van der Waals surface area (Å²) in [6.45, 7) is 1.26. The largest absolute Gasteiger partial charge is 0.349 e. The Bertz CT molecular complexity index is 531. The summed E-state index contributed by atoms with van der Waals surface area (Å²) in [7, 11) is 0. The number of benzene rings is 1. The maximum atomic E-state index is 11.8. The highest BCUT2D eigenvalue weighted by molar-refractivity contribution is 6.03. The quantitative estimate of drug-likeness (QED) is 0.595. The van der Waals surface area contributed by atoms with Gasteiger partial charge < -0.3 is 15.0 Å². The molecular weight excluding hydrogens is 238 g/mol. The Balaban J connectivity index is 2.04. The number of nitrogens with zero attached hydrogens (tertiary/aromatic N) is 2. The number of nitrogens with one attached hydrogen (secondary N) is 1. The van der Waals surface area contributed by atoms with Crippen molar-refractivity contribution in [2.45, 2.75) is 12.6 Å². The van der Waals surface area contributed by atoms with E-state index in [9.17, 15) is 14.9 Å². The van der Waals surface area contributed by atoms with Crippen LogP contribution in [0.25, 0.3) is 0 Å². The minimum Gasteiger partial charge on any atom is -0.349 e. The molecule has 2 heterocycles. The number of anilines is 2. The van der Waals surface area contributed by atoms with Crippen LogP contribution in [0.5, 0.6) is 0 Å². The van der Waals surface area contributed by atoms with Crippen LogP contribution < -0.4 is 10.2 Å². The maximum absolute atomic E-state index is 11.8. The van der Waals surface area contributed by atoms with Gasteiger partial charge in [-0.25, -0.2) is 0 Å². The molecule has 0 aliphatic carbocycles. The molecule has 0 bridgehead atoms. The lowest BCUT2D eigenvalue weighted by Crippen LogP contribution is -2.53. The number of hydrogen-bond donors (Lipinski definition) is 1. The second-order valence-corrected chi connectivity index (χ2v) is 4.22. The molecule has 1 amide bonds. The van der Waals surface area contributed by atoms with Gasteiger partial charge in [0, 0.05) is 18.7 Å². The predicted molar refractivity (Wildman–Crippen MR) is 63.4 cm³/mol. The van der Waals surface area contributed by atoms with Crippen LogP contribution >= 0.6 is 0 Å². The molecule has 7 heteroatoms. The van der Waals surface area contributed by atoms with E-state index in [1.807, 2.05) is 4.90 Å². The number of nitro groups is 1. The molecule has 3 rings (SSSR count). The molecule has 0 aromatic heterocycles. The Labute approximate surface area is 102 Å². The Kier molecular flexibility index (Phi) is 2.41. The van der Waals surface area contributed by atoms with Crippen LogP contribution in [0.1, 0.15) is 6.42 Å². The van der Waals surface area contributed by atoms with Crippen molar-refractivity contribution in [3.05, 3.63) is 28.3 Å². The third kappa shape index (κ3) is 1.60. The highest BCUT2D eigenvalue weighted by atomic mass is 16.6. The zero-order valence-electron chi connectivity index (χ0n) is 9.46. The van der Waals surface area contributed by atoms with Crippen molar-refractivity contribution in [1.29, 1.82) is 0 Å². The Morgan fingerprint density at radius 2 is 2.33 bits per heavy atom. The van der Waals surface area contributed by atoms with Gasteiger partial charge in [-0.15, -0.1) is 0 Å². The number of rotatable bonds is 1. The molecule has 1 unspecified atom stereocenters. The topological polar surface area (TPSA) is 84.7 Å². The van der Waals surface area contributed by atoms with Gasteiger partial charge in [-0.05, 0) is 12.5 Å². The molecule has 7 nitrogen and oxygen atoms in total. The van der Waals surface area contributed by atoms with Crippen molar-refractivity contribution in [2.75, 3.05) is 23.4 Å². The van der Waals surface area contributed by atoms with Gasteiger partial charge in [0.05, 0.1) is 22.9 Å². The van der Waals surface area contributed by atoms with Gasteiger partial charge in [-0.1, -0.05) is 0 Å². The summed E-state index contributed by atoms with van der Waals surface area (Å²) in [6, 6.07) is 4.45. The molecule has 2 aliphatic rings. The molecule has 94 valence electrons. The molecule has 1 N–H and O–H groups in total. The van der Waals surface area contributed by atoms with E-state index >= 15 is 0 Å². The van der Waals surface area contributed by atoms with Crippen LogP contribution in [0, 0.1) is 10.1 Å². The first-order valence-corrected chi connectivity index (χ1v) is 5.64. The SMILES string of the molecule is O=C1Nc2cc([N+](=O)[O-])ccc2N2CCCOC12. The number of fused-ring (bicyclic) bond motifs is 3. The van der Waals surface area contributed by atoms with Crippen molar-refractivity contribution in [1.82, 2.24) is 0 Å². The van der Waals surface area contributed by atoms with Crippen LogP contribution in [0.3, 0.4) is 0 Å². The number of non-ortho nitro benzene ring substituents is 1. The zero-order valence-corrected chi connectivity index (χ0v) is 9.46. The standard InChI is InChI=1S/C11H11N3O4/c15-10-11-13(4-1-5-18-11)9-3-2-7(14(16)17)6-8(9)12-10/h2-3,6,11H,1,4-5H2,(H,12,15). The van der Waals surface area contributed by atoms with E-state index in [1.165, 1.54) is 12.1 Å². The van der Waals surface area contributed by atoms with Crippen molar-refractivity contribution in [3.8, 4) is 0 Å². The summed E-state index contributed by atoms with van der Waals surface area (Å²) < 4.78 is 5.41. The molecular formula is C11H11N3O4. The first-order valence-electron chi connectivity index (χ1n) is 5.64. The van der Waals surface area contributed by atoms with Gasteiger partial charge in [0.15, 0.2) is 0 Å². The lowest BCUT2D eigenvalue weighted by Gasteiger charge is -2.40. The molecule has 1 saturated heterocycles. The molecule has 1 fully saturated rings. The van der Waals surface area contributed by atoms with E-state index in [0.29, 0.717) is 18.8 Å². The van der Waals surface area contributed by atoms with Crippen LogP contribution in [0.2, 0.25) is 0 Å². The van der Waals surface area contributed by atoms with Crippen LogP contribution in [-0.4, -0.2) is 30.2 Å². The summed E-state index contributed by atoms with van der Waals surface area (Å²) in [5.41, 5.74) is 1.20. The Morgan fingerprint density at radius 1 is 1.50 bits per heavy atom. The second-order valence-electron chi connectivity index (χ2n) is 4.22. The fourth-order valence-corrected chi connectivity index (χ4v) is 2.28. The molecule has 2 aliphatic heterocycles. The van der Waals surface area contributed by atoms with E-state index in [2.05, 4.69) is 5.32 Å². The average Bonchev–Trinajstić information content (AvgIpc) is 2.38. The van der Waals surface area contributed by atoms with Crippen molar-refractivity contribution in [3.63, 3.8) is 0 Å². The Morgan fingerprint density at radius 3 is 3.11 bits per heavy atom. The summed E-state index contributed by atoms with van der Waals surface area (Å²) in [4.78, 5) is 23.9. The molecule has 18 heavy (non-hydrogen) atoms. The number of carbonyl (C=O) groups excluding carboxylic acids is 1. The smallest absolute Gasteiger partial charge is 0.274 e. The molecule has 0 radical (unpaired) electrons. The average molecular weight is 249 g/mol. The third-order valence-corrected chi connectivity index (χ3v) is 3.08. The lowest BCUT2D eigenvalue weighted by atomic mass is 10.1. The third-order valence-electron chi connectivity index (χ3n) is 3.08. The number of ether oxygens (including phenoxy) is 1. The van der Waals surface area contributed by atoms with Gasteiger partial charge in [-0.3, -0.25) is 14.9 Å². The number of hydrogen-bond acceptors (Lipinski definition) is 5. The van der Waals surface area contributed by atoms with E-state index in [0.717, 1.165) is 12.1 Å². The van der Waals surface area contributed by atoms with Gasteiger partial charge in [0.2, 0.25) is 6.23 Å². The summed E-state index contributed by atoms with van der Waals surface area (Å²) in [5, 5.41) is 13.3. The predicted octanol–water partition coefficient (Wildman–Crippen LogP) is 1.10. The van der Waals surface area contributed by atoms with Gasteiger partial charge in [0.25, 0.3) is 11.6 Å². The minimum atomic E-state index is -0.618. The molecule has 0 spiro atoms. The highest BCUT2D eigenvalue weighted by Crippen LogP contribution is 2.36. The van der Waals surface area contributed by atoms with Gasteiger partial charge >= 0.3 is 0 Å². The summed E-state index contributed by atoms with van der Waals surface area (Å²) in [5.74, 6) is -0.275. The fourth-order valence-electron chi connectivity index (χ4n) is 2.28. The summed E-state index contributed by atoms with van der Waals surface area (Å²) in [6.07, 6.45) is 0.216. The first-order chi connectivity index (χ1) is 8.66. The van der Waals surface area contributed by atoms with Crippen LogP contribution in [-0.2, 0) is 9.53 Å². The number of nitro benzene ring substituents is 1. The van der Waals surface area contributed by atoms with Crippen LogP contribution in [0.15, 0.2) is 18.2 Å². The van der Waals surface area contributed by atoms with E-state index < -0.39 is 11.2 Å². The first kappa shape index (κ1) is 11.0. The number of carbonyl (C=O) groups is 1. The highest BCUT2D eigenvalue weighted by Gasteiger charge is 2.36. The zero-order chi connectivity index (χ0) is 12.7. The molecule has 1 aromatic rings. The van der Waals surface area contributed by atoms with Gasteiger partial charge in [-0.2, -0.15) is 0 Å². The lowest BCUT2D eigenvalue weighted by molar-refractivity contribution is -0.384. The van der Waals surface area contributed by atoms with E-state index in [4.69, 9.17) is 4.74 Å². The minimum absolute atomic E-state index is 0.0366.